The molecule has 3 aromatic carbocycles. The highest BCUT2D eigenvalue weighted by Crippen LogP contribution is 2.42. The molecule has 0 aromatic heterocycles. The van der Waals surface area contributed by atoms with Gasteiger partial charge in [-0.15, -0.1) is 0 Å². The number of phenolic OH excluding ortho intramolecular Hbond substituents is 1. The van der Waals surface area contributed by atoms with Crippen molar-refractivity contribution >= 4 is 40.7 Å². The monoisotopic (exact) mass is 477 g/mol. The van der Waals surface area contributed by atoms with Gasteiger partial charge in [0.05, 0.1) is 23.8 Å². The normalized spacial score (nSPS) is 17.1. The van der Waals surface area contributed by atoms with Gasteiger partial charge in [-0.25, -0.2) is 4.79 Å². The van der Waals surface area contributed by atoms with E-state index in [0.29, 0.717) is 27.4 Å². The summed E-state index contributed by atoms with van der Waals surface area (Å²) in [6.45, 7) is 1.92. The number of amides is 1. The highest BCUT2D eigenvalue weighted by Gasteiger charge is 2.47. The first kappa shape index (κ1) is 23.1. The number of aromatic hydroxyl groups is 1. The Hall–Kier alpha value is -4.10. The molecule has 1 fully saturated rings. The molecular formula is C26H20ClNO6. The van der Waals surface area contributed by atoms with Crippen molar-refractivity contribution in [1.82, 2.24) is 0 Å². The molecule has 34 heavy (non-hydrogen) atoms. The minimum Gasteiger partial charge on any atom is -0.508 e. The number of ketones is 1. The largest absolute Gasteiger partial charge is 0.508 e. The number of carbonyl (C=O) groups is 3. The lowest BCUT2D eigenvalue weighted by molar-refractivity contribution is -0.132. The van der Waals surface area contributed by atoms with Gasteiger partial charge in [-0.1, -0.05) is 23.7 Å². The molecule has 0 radical (unpaired) electrons. The number of halogens is 1. The molecule has 8 heteroatoms. The molecule has 1 unspecified atom stereocenters. The summed E-state index contributed by atoms with van der Waals surface area (Å²) in [5.41, 5.74) is 1.37. The first-order chi connectivity index (χ1) is 16.3. The maximum atomic E-state index is 13.1. The van der Waals surface area contributed by atoms with Crippen LogP contribution in [-0.4, -0.2) is 34.5 Å². The zero-order valence-corrected chi connectivity index (χ0v) is 18.8. The van der Waals surface area contributed by atoms with E-state index in [1.807, 2.05) is 0 Å². The summed E-state index contributed by atoms with van der Waals surface area (Å²) < 4.78 is 4.99. The number of esters is 1. The first-order valence-corrected chi connectivity index (χ1v) is 10.8. The van der Waals surface area contributed by atoms with Crippen molar-refractivity contribution in [3.8, 4) is 5.75 Å². The van der Waals surface area contributed by atoms with Crippen LogP contribution >= 0.6 is 11.6 Å². The predicted octanol–water partition coefficient (Wildman–Crippen LogP) is 4.85. The van der Waals surface area contributed by atoms with E-state index in [9.17, 15) is 24.6 Å². The van der Waals surface area contributed by atoms with Crippen molar-refractivity contribution in [1.29, 1.82) is 0 Å². The van der Waals surface area contributed by atoms with E-state index in [2.05, 4.69) is 0 Å². The number of aliphatic hydroxyl groups is 1. The van der Waals surface area contributed by atoms with E-state index in [0.717, 1.165) is 0 Å². The quantitative estimate of drug-likeness (QED) is 0.235. The van der Waals surface area contributed by atoms with Gasteiger partial charge < -0.3 is 14.9 Å². The Morgan fingerprint density at radius 2 is 1.53 bits per heavy atom. The molecule has 2 N–H and O–H groups in total. The summed E-state index contributed by atoms with van der Waals surface area (Å²) in [7, 11) is 0. The molecule has 4 rings (SSSR count). The van der Waals surface area contributed by atoms with Crippen molar-refractivity contribution in [3.05, 3.63) is 100 Å². The molecule has 3 aromatic rings. The number of anilines is 1. The number of rotatable bonds is 5. The van der Waals surface area contributed by atoms with Gasteiger partial charge in [0, 0.05) is 16.3 Å². The van der Waals surface area contributed by atoms with Crippen molar-refractivity contribution in [2.75, 3.05) is 11.5 Å². The van der Waals surface area contributed by atoms with Crippen LogP contribution in [0, 0.1) is 0 Å². The van der Waals surface area contributed by atoms with E-state index >= 15 is 0 Å². The zero-order chi connectivity index (χ0) is 24.4. The van der Waals surface area contributed by atoms with Gasteiger partial charge in [0.25, 0.3) is 11.7 Å². The van der Waals surface area contributed by atoms with Gasteiger partial charge >= 0.3 is 5.97 Å². The van der Waals surface area contributed by atoms with Crippen LogP contribution in [0.1, 0.15) is 34.5 Å². The summed E-state index contributed by atoms with van der Waals surface area (Å²) in [6.07, 6.45) is 0. The molecule has 7 nitrogen and oxygen atoms in total. The number of phenols is 1. The van der Waals surface area contributed by atoms with Crippen molar-refractivity contribution in [2.24, 2.45) is 0 Å². The highest BCUT2D eigenvalue weighted by atomic mass is 35.5. The number of hydrogen-bond acceptors (Lipinski definition) is 6. The number of hydrogen-bond donors (Lipinski definition) is 2. The fraction of sp³-hybridized carbons (Fsp3) is 0.115. The highest BCUT2D eigenvalue weighted by molar-refractivity contribution is 6.51. The van der Waals surface area contributed by atoms with Crippen LogP contribution in [-0.2, 0) is 14.3 Å². The molecule has 1 atom stereocenters. The fourth-order valence-corrected chi connectivity index (χ4v) is 3.93. The smallest absolute Gasteiger partial charge is 0.338 e. The Labute approximate surface area is 200 Å². The summed E-state index contributed by atoms with van der Waals surface area (Å²) >= 11 is 5.94. The van der Waals surface area contributed by atoms with Crippen molar-refractivity contribution in [3.63, 3.8) is 0 Å². The number of benzene rings is 3. The van der Waals surface area contributed by atoms with Crippen LogP contribution in [0.4, 0.5) is 5.69 Å². The van der Waals surface area contributed by atoms with Crippen LogP contribution in [0.15, 0.2) is 78.4 Å². The standard InChI is InChI=1S/C26H20ClNO6/c1-2-34-26(33)17-5-11-19(12-6-17)28-22(15-7-13-20(29)14-8-15)21(24(31)25(28)32)23(30)16-3-9-18(27)10-4-16/h3-14,22,29-30H,2H2,1H3/b23-21+. The van der Waals surface area contributed by atoms with Gasteiger partial charge in [0.1, 0.15) is 11.5 Å². The topological polar surface area (TPSA) is 104 Å². The number of carbonyl (C=O) groups excluding carboxylic acids is 3. The van der Waals surface area contributed by atoms with Gasteiger partial charge in [-0.3, -0.25) is 14.5 Å². The zero-order valence-electron chi connectivity index (χ0n) is 18.1. The molecule has 0 aliphatic carbocycles. The van der Waals surface area contributed by atoms with Gasteiger partial charge in [-0.05, 0) is 73.2 Å². The third-order valence-corrected chi connectivity index (χ3v) is 5.68. The first-order valence-electron chi connectivity index (χ1n) is 10.4. The predicted molar refractivity (Wildman–Crippen MR) is 127 cm³/mol. The number of ether oxygens (including phenoxy) is 1. The second-order valence-corrected chi connectivity index (χ2v) is 7.97. The minimum absolute atomic E-state index is 0.0113. The Balaban J connectivity index is 1.85. The van der Waals surface area contributed by atoms with Crippen LogP contribution in [0.3, 0.4) is 0 Å². The Morgan fingerprint density at radius 3 is 2.12 bits per heavy atom. The minimum atomic E-state index is -0.968. The molecule has 1 aliphatic rings. The molecule has 0 saturated carbocycles. The SMILES string of the molecule is CCOC(=O)c1ccc(N2C(=O)C(=O)/C(=C(/O)c3ccc(Cl)cc3)C2c2ccc(O)cc2)cc1. The maximum Gasteiger partial charge on any atom is 0.338 e. The summed E-state index contributed by atoms with van der Waals surface area (Å²) in [5.74, 6) is -2.54. The molecule has 172 valence electrons. The fourth-order valence-electron chi connectivity index (χ4n) is 3.81. The van der Waals surface area contributed by atoms with E-state index < -0.39 is 23.7 Å². The third-order valence-electron chi connectivity index (χ3n) is 5.43. The van der Waals surface area contributed by atoms with Crippen molar-refractivity contribution in [2.45, 2.75) is 13.0 Å². The molecule has 1 saturated heterocycles. The summed E-state index contributed by atoms with van der Waals surface area (Å²) in [5, 5.41) is 21.2. The maximum absolute atomic E-state index is 13.1. The van der Waals surface area contributed by atoms with Gasteiger partial charge in [-0.2, -0.15) is 0 Å². The van der Waals surface area contributed by atoms with Crippen LogP contribution in [0.25, 0.3) is 5.76 Å². The lowest BCUT2D eigenvalue weighted by Gasteiger charge is -2.25. The Bertz CT molecular complexity index is 1280. The molecule has 1 amide bonds. The molecule has 1 aliphatic heterocycles. The Kier molecular flexibility index (Phi) is 6.38. The van der Waals surface area contributed by atoms with Gasteiger partial charge in [0.2, 0.25) is 0 Å². The van der Waals surface area contributed by atoms with Crippen molar-refractivity contribution < 1.29 is 29.3 Å². The average molecular weight is 478 g/mol. The van der Waals surface area contributed by atoms with Crippen LogP contribution in [0.5, 0.6) is 5.75 Å². The summed E-state index contributed by atoms with van der Waals surface area (Å²) in [4.78, 5) is 39.5. The van der Waals surface area contributed by atoms with E-state index in [-0.39, 0.29) is 23.7 Å². The lowest BCUT2D eigenvalue weighted by atomic mass is 9.95. The number of nitrogens with zero attached hydrogens (tertiary/aromatic N) is 1. The molecular weight excluding hydrogens is 458 g/mol. The van der Waals surface area contributed by atoms with Crippen LogP contribution in [0.2, 0.25) is 5.02 Å². The van der Waals surface area contributed by atoms with E-state index in [4.69, 9.17) is 16.3 Å². The second-order valence-electron chi connectivity index (χ2n) is 7.53. The number of Topliss-reactive ketones (excluding diaryl/α,β-unsaturated/α-hetero) is 1. The molecule has 0 bridgehead atoms. The van der Waals surface area contributed by atoms with E-state index in [1.54, 1.807) is 43.3 Å². The second kappa shape index (κ2) is 9.41. The molecule has 0 spiro atoms. The molecule has 1 heterocycles. The van der Waals surface area contributed by atoms with E-state index in [1.165, 1.54) is 41.3 Å². The Morgan fingerprint density at radius 1 is 0.941 bits per heavy atom. The van der Waals surface area contributed by atoms with Crippen LogP contribution < -0.4 is 4.90 Å². The third kappa shape index (κ3) is 4.25. The summed E-state index contributed by atoms with van der Waals surface area (Å²) in [6, 6.07) is 17.3. The number of aliphatic hydroxyl groups excluding tert-OH is 1. The average Bonchev–Trinajstić information content (AvgIpc) is 3.10. The lowest BCUT2D eigenvalue weighted by Crippen LogP contribution is -2.29. The van der Waals surface area contributed by atoms with Gasteiger partial charge in [0.15, 0.2) is 0 Å².